The van der Waals surface area contributed by atoms with Crippen LogP contribution in [0.25, 0.3) is 0 Å². The van der Waals surface area contributed by atoms with Crippen LogP contribution in [0.4, 0.5) is 0 Å². The molecule has 120 valence electrons. The third-order valence-corrected chi connectivity index (χ3v) is 2.70. The Morgan fingerprint density at radius 2 is 1.15 bits per heavy atom. The lowest BCUT2D eigenvalue weighted by atomic mass is 10.1. The molecule has 0 radical (unpaired) electrons. The van der Waals surface area contributed by atoms with Crippen LogP contribution in [0.3, 0.4) is 0 Å². The molecule has 0 bridgehead atoms. The van der Waals surface area contributed by atoms with Gasteiger partial charge in [-0.05, 0) is 12.8 Å². The Balaban J connectivity index is 0. The third-order valence-electron chi connectivity index (χ3n) is 2.70. The van der Waals surface area contributed by atoms with Gasteiger partial charge in [0.05, 0.1) is 25.0 Å². The molecule has 0 fully saturated rings. The fraction of sp³-hybridized carbons (Fsp3) is 0.857. The number of carbonyl (C=O) groups excluding carboxylic acids is 2. The predicted octanol–water partition coefficient (Wildman–Crippen LogP) is 1.14. The summed E-state index contributed by atoms with van der Waals surface area (Å²) in [7, 11) is 0. The zero-order chi connectivity index (χ0) is 16.0. The molecule has 6 heteroatoms. The number of hydrogen-bond acceptors (Lipinski definition) is 6. The number of hydrogen-bond donors (Lipinski definition) is 2. The highest BCUT2D eigenvalue weighted by molar-refractivity contribution is 5.72. The van der Waals surface area contributed by atoms with Gasteiger partial charge in [-0.3, -0.25) is 9.59 Å². The summed E-state index contributed by atoms with van der Waals surface area (Å²) in [5.74, 6) is -0.550. The minimum atomic E-state index is -0.225. The molecular formula is C14H28O6. The largest absolute Gasteiger partial charge is 0.463 e. The van der Waals surface area contributed by atoms with Crippen LogP contribution in [-0.2, 0) is 19.1 Å². The second-order valence-corrected chi connectivity index (χ2v) is 4.40. The van der Waals surface area contributed by atoms with E-state index >= 15 is 0 Å². The number of aliphatic hydroxyl groups excluding tert-OH is 2. The lowest BCUT2D eigenvalue weighted by molar-refractivity contribution is -0.149. The summed E-state index contributed by atoms with van der Waals surface area (Å²) in [5, 5.41) is 16.6. The number of aliphatic hydroxyl groups is 2. The summed E-state index contributed by atoms with van der Waals surface area (Å²) in [5.41, 5.74) is 0. The molecular weight excluding hydrogens is 264 g/mol. The minimum Gasteiger partial charge on any atom is -0.463 e. The molecule has 0 amide bonds. The maximum atomic E-state index is 10.8. The molecule has 0 rings (SSSR count). The van der Waals surface area contributed by atoms with Gasteiger partial charge < -0.3 is 19.7 Å². The molecule has 0 aliphatic rings. The number of ether oxygens (including phenoxy) is 2. The molecule has 0 aliphatic heterocycles. The second kappa shape index (κ2) is 14.3. The summed E-state index contributed by atoms with van der Waals surface area (Å²) < 4.78 is 9.31. The van der Waals surface area contributed by atoms with Crippen LogP contribution in [0.1, 0.15) is 40.5 Å². The lowest BCUT2D eigenvalue weighted by Crippen LogP contribution is -2.15. The number of esters is 2. The molecule has 2 N–H and O–H groups in total. The fourth-order valence-corrected chi connectivity index (χ4v) is 0.910. The smallest absolute Gasteiger partial charge is 0.308 e. The van der Waals surface area contributed by atoms with Crippen LogP contribution in [0.5, 0.6) is 0 Å². The molecule has 0 spiro atoms. The van der Waals surface area contributed by atoms with Crippen LogP contribution in [0.15, 0.2) is 0 Å². The van der Waals surface area contributed by atoms with Gasteiger partial charge in [0.15, 0.2) is 0 Å². The van der Waals surface area contributed by atoms with Crippen LogP contribution in [0.2, 0.25) is 0 Å². The standard InChI is InChI=1S/2C7H14O3/c2*1-3-6(2)7(9)10-5-4-8/h2*6,8H,3-5H2,1-2H3. The van der Waals surface area contributed by atoms with Crippen molar-refractivity contribution in [3.63, 3.8) is 0 Å². The quantitative estimate of drug-likeness (QED) is 0.652. The molecule has 0 heterocycles. The van der Waals surface area contributed by atoms with Crippen molar-refractivity contribution in [2.24, 2.45) is 11.8 Å². The van der Waals surface area contributed by atoms with E-state index in [4.69, 9.17) is 10.2 Å². The third kappa shape index (κ3) is 11.9. The molecule has 0 aliphatic carbocycles. The Kier molecular flexibility index (Phi) is 15.1. The topological polar surface area (TPSA) is 93.1 Å². The first-order chi connectivity index (χ1) is 9.44. The predicted molar refractivity (Wildman–Crippen MR) is 75.0 cm³/mol. The van der Waals surface area contributed by atoms with Crippen molar-refractivity contribution in [2.75, 3.05) is 26.4 Å². The molecule has 0 saturated carbocycles. The molecule has 0 aromatic heterocycles. The molecule has 0 saturated heterocycles. The number of carbonyl (C=O) groups is 2. The van der Waals surface area contributed by atoms with E-state index in [2.05, 4.69) is 9.47 Å². The second-order valence-electron chi connectivity index (χ2n) is 4.40. The maximum absolute atomic E-state index is 10.8. The van der Waals surface area contributed by atoms with Crippen molar-refractivity contribution < 1.29 is 29.3 Å². The first-order valence-corrected chi connectivity index (χ1v) is 6.99. The van der Waals surface area contributed by atoms with E-state index in [1.54, 1.807) is 13.8 Å². The average Bonchev–Trinajstić information content (AvgIpc) is 2.48. The van der Waals surface area contributed by atoms with Crippen LogP contribution >= 0.6 is 0 Å². The van der Waals surface area contributed by atoms with E-state index in [1.807, 2.05) is 13.8 Å². The molecule has 2 unspecified atom stereocenters. The summed E-state index contributed by atoms with van der Waals surface area (Å²) in [6.45, 7) is 7.49. The van der Waals surface area contributed by atoms with E-state index < -0.39 is 0 Å². The highest BCUT2D eigenvalue weighted by Crippen LogP contribution is 2.02. The SMILES string of the molecule is CCC(C)C(=O)OCCO.CCC(C)C(=O)OCCO. The Morgan fingerprint density at radius 3 is 1.35 bits per heavy atom. The average molecular weight is 292 g/mol. The summed E-state index contributed by atoms with van der Waals surface area (Å²) >= 11 is 0. The minimum absolute atomic E-state index is 0.0495. The molecule has 0 aromatic rings. The summed E-state index contributed by atoms with van der Waals surface area (Å²) in [4.78, 5) is 21.6. The van der Waals surface area contributed by atoms with Gasteiger partial charge in [-0.1, -0.05) is 27.7 Å². The van der Waals surface area contributed by atoms with E-state index in [-0.39, 0.29) is 50.2 Å². The van der Waals surface area contributed by atoms with Gasteiger partial charge in [0, 0.05) is 0 Å². The van der Waals surface area contributed by atoms with Gasteiger partial charge in [0.25, 0.3) is 0 Å². The van der Waals surface area contributed by atoms with Crippen molar-refractivity contribution in [2.45, 2.75) is 40.5 Å². The Labute approximate surface area is 121 Å². The van der Waals surface area contributed by atoms with E-state index in [9.17, 15) is 9.59 Å². The van der Waals surface area contributed by atoms with Crippen LogP contribution in [-0.4, -0.2) is 48.6 Å². The highest BCUT2D eigenvalue weighted by Gasteiger charge is 2.11. The van der Waals surface area contributed by atoms with Gasteiger partial charge in [0.1, 0.15) is 13.2 Å². The first kappa shape index (κ1) is 21.2. The first-order valence-electron chi connectivity index (χ1n) is 6.99. The van der Waals surface area contributed by atoms with Gasteiger partial charge in [-0.25, -0.2) is 0 Å². The Bertz CT molecular complexity index is 228. The van der Waals surface area contributed by atoms with Crippen LogP contribution in [0, 0.1) is 11.8 Å². The summed E-state index contributed by atoms with van der Waals surface area (Å²) in [6.07, 6.45) is 1.56. The van der Waals surface area contributed by atoms with Crippen molar-refractivity contribution in [3.05, 3.63) is 0 Å². The van der Waals surface area contributed by atoms with E-state index in [1.165, 1.54) is 0 Å². The monoisotopic (exact) mass is 292 g/mol. The van der Waals surface area contributed by atoms with Crippen molar-refractivity contribution in [1.82, 2.24) is 0 Å². The zero-order valence-corrected chi connectivity index (χ0v) is 12.9. The molecule has 20 heavy (non-hydrogen) atoms. The van der Waals surface area contributed by atoms with Gasteiger partial charge in [-0.15, -0.1) is 0 Å². The normalized spacial score (nSPS) is 12.7. The Morgan fingerprint density at radius 1 is 0.850 bits per heavy atom. The molecule has 2 atom stereocenters. The fourth-order valence-electron chi connectivity index (χ4n) is 0.910. The van der Waals surface area contributed by atoms with Gasteiger partial charge in [-0.2, -0.15) is 0 Å². The van der Waals surface area contributed by atoms with E-state index in [0.29, 0.717) is 0 Å². The lowest BCUT2D eigenvalue weighted by Gasteiger charge is -2.06. The van der Waals surface area contributed by atoms with Crippen molar-refractivity contribution >= 4 is 11.9 Å². The van der Waals surface area contributed by atoms with Crippen molar-refractivity contribution in [1.29, 1.82) is 0 Å². The van der Waals surface area contributed by atoms with E-state index in [0.717, 1.165) is 12.8 Å². The zero-order valence-electron chi connectivity index (χ0n) is 12.9. The maximum Gasteiger partial charge on any atom is 0.308 e. The van der Waals surface area contributed by atoms with Crippen molar-refractivity contribution in [3.8, 4) is 0 Å². The Hall–Kier alpha value is -1.14. The van der Waals surface area contributed by atoms with Gasteiger partial charge >= 0.3 is 11.9 Å². The molecule has 6 nitrogen and oxygen atoms in total. The van der Waals surface area contributed by atoms with Gasteiger partial charge in [0.2, 0.25) is 0 Å². The number of rotatable bonds is 8. The summed E-state index contributed by atoms with van der Waals surface area (Å²) in [6, 6.07) is 0. The molecule has 0 aromatic carbocycles. The van der Waals surface area contributed by atoms with Crippen LogP contribution < -0.4 is 0 Å². The highest BCUT2D eigenvalue weighted by atomic mass is 16.5.